The van der Waals surface area contributed by atoms with E-state index in [1.165, 1.54) is 0 Å². The van der Waals surface area contributed by atoms with E-state index >= 15 is 0 Å². The molecule has 1 aromatic rings. The summed E-state index contributed by atoms with van der Waals surface area (Å²) in [7, 11) is 0. The summed E-state index contributed by atoms with van der Waals surface area (Å²) in [5.74, 6) is 0.0236. The molecular formula is C16H25N3O2. The van der Waals surface area contributed by atoms with Gasteiger partial charge in [0.1, 0.15) is 0 Å². The molecule has 1 saturated heterocycles. The van der Waals surface area contributed by atoms with Crippen LogP contribution in [0.4, 0.5) is 11.4 Å². The highest BCUT2D eigenvalue weighted by Crippen LogP contribution is 2.20. The molecule has 0 radical (unpaired) electrons. The topological polar surface area (TPSA) is 67.6 Å². The largest absolute Gasteiger partial charge is 0.398 e. The fourth-order valence-electron chi connectivity index (χ4n) is 2.73. The third kappa shape index (κ3) is 4.44. The maximum Gasteiger partial charge on any atom is 0.225 e. The third-order valence-electron chi connectivity index (χ3n) is 3.80. The number of amides is 1. The van der Waals surface area contributed by atoms with Crippen molar-refractivity contribution < 1.29 is 9.53 Å². The number of morpholine rings is 1. The molecule has 1 amide bonds. The fourth-order valence-corrected chi connectivity index (χ4v) is 2.73. The minimum atomic E-state index is 0.0236. The van der Waals surface area contributed by atoms with Crippen molar-refractivity contribution in [2.75, 3.05) is 30.7 Å². The zero-order valence-corrected chi connectivity index (χ0v) is 13.1. The molecule has 1 fully saturated rings. The second-order valence-electron chi connectivity index (χ2n) is 5.83. The van der Waals surface area contributed by atoms with Crippen LogP contribution in [0.5, 0.6) is 0 Å². The number of ether oxygens (including phenoxy) is 1. The molecule has 5 nitrogen and oxygen atoms in total. The molecule has 2 rings (SSSR count). The summed E-state index contributed by atoms with van der Waals surface area (Å²) >= 11 is 0. The number of carbonyl (C=O) groups is 1. The monoisotopic (exact) mass is 291 g/mol. The molecule has 5 heteroatoms. The number of hydrogen-bond acceptors (Lipinski definition) is 4. The number of anilines is 2. The highest BCUT2D eigenvalue weighted by Gasteiger charge is 2.22. The zero-order chi connectivity index (χ0) is 15.4. The number of benzene rings is 1. The molecule has 116 valence electrons. The van der Waals surface area contributed by atoms with E-state index in [1.807, 2.05) is 25.1 Å². The van der Waals surface area contributed by atoms with Crippen molar-refractivity contribution >= 4 is 17.3 Å². The van der Waals surface area contributed by atoms with Crippen molar-refractivity contribution in [3.8, 4) is 0 Å². The minimum Gasteiger partial charge on any atom is -0.398 e. The van der Waals surface area contributed by atoms with Gasteiger partial charge in [0, 0.05) is 37.4 Å². The van der Waals surface area contributed by atoms with Crippen molar-refractivity contribution in [1.29, 1.82) is 0 Å². The van der Waals surface area contributed by atoms with Gasteiger partial charge in [0.15, 0.2) is 0 Å². The predicted molar refractivity (Wildman–Crippen MR) is 85.3 cm³/mol. The smallest absolute Gasteiger partial charge is 0.225 e. The third-order valence-corrected chi connectivity index (χ3v) is 3.80. The van der Waals surface area contributed by atoms with Crippen molar-refractivity contribution in [1.82, 2.24) is 4.90 Å². The van der Waals surface area contributed by atoms with Gasteiger partial charge in [0.25, 0.3) is 0 Å². The first-order chi connectivity index (χ1) is 9.95. The van der Waals surface area contributed by atoms with Gasteiger partial charge in [-0.15, -0.1) is 0 Å². The average Bonchev–Trinajstić information content (AvgIpc) is 2.41. The van der Waals surface area contributed by atoms with Gasteiger partial charge >= 0.3 is 0 Å². The van der Waals surface area contributed by atoms with Crippen molar-refractivity contribution in [3.05, 3.63) is 23.8 Å². The Morgan fingerprint density at radius 2 is 2.05 bits per heavy atom. The van der Waals surface area contributed by atoms with E-state index in [-0.39, 0.29) is 18.1 Å². The molecule has 2 atom stereocenters. The maximum absolute atomic E-state index is 12.1. The van der Waals surface area contributed by atoms with E-state index in [1.54, 1.807) is 0 Å². The van der Waals surface area contributed by atoms with Crippen LogP contribution in [0.2, 0.25) is 0 Å². The van der Waals surface area contributed by atoms with E-state index in [2.05, 4.69) is 24.1 Å². The van der Waals surface area contributed by atoms with Gasteiger partial charge in [-0.3, -0.25) is 9.69 Å². The maximum atomic E-state index is 12.1. The Morgan fingerprint density at radius 1 is 1.38 bits per heavy atom. The Labute approximate surface area is 126 Å². The van der Waals surface area contributed by atoms with Gasteiger partial charge < -0.3 is 15.8 Å². The Kier molecular flexibility index (Phi) is 5.20. The van der Waals surface area contributed by atoms with E-state index < -0.39 is 0 Å². The first-order valence-corrected chi connectivity index (χ1v) is 7.48. The molecule has 1 aliphatic heterocycles. The molecule has 0 aromatic heterocycles. The summed E-state index contributed by atoms with van der Waals surface area (Å²) in [6.07, 6.45) is 0.939. The van der Waals surface area contributed by atoms with E-state index in [9.17, 15) is 4.79 Å². The highest BCUT2D eigenvalue weighted by atomic mass is 16.5. The number of nitrogen functional groups attached to an aromatic ring is 1. The van der Waals surface area contributed by atoms with Gasteiger partial charge in [0.2, 0.25) is 5.91 Å². The summed E-state index contributed by atoms with van der Waals surface area (Å²) in [5.41, 5.74) is 8.25. The lowest BCUT2D eigenvalue weighted by atomic mass is 10.1. The first kappa shape index (κ1) is 15.8. The van der Waals surface area contributed by atoms with Crippen LogP contribution in [0.1, 0.15) is 25.8 Å². The molecule has 0 bridgehead atoms. The molecule has 0 aliphatic carbocycles. The van der Waals surface area contributed by atoms with Crippen molar-refractivity contribution in [3.63, 3.8) is 0 Å². The second-order valence-corrected chi connectivity index (χ2v) is 5.83. The molecule has 1 aromatic carbocycles. The summed E-state index contributed by atoms with van der Waals surface area (Å²) in [4.78, 5) is 14.4. The molecule has 3 N–H and O–H groups in total. The minimum absolute atomic E-state index is 0.0236. The van der Waals surface area contributed by atoms with Crippen LogP contribution in [0.3, 0.4) is 0 Å². The normalized spacial score (nSPS) is 23.0. The van der Waals surface area contributed by atoms with Crippen molar-refractivity contribution in [2.24, 2.45) is 0 Å². The molecule has 0 spiro atoms. The van der Waals surface area contributed by atoms with Gasteiger partial charge in [-0.2, -0.15) is 0 Å². The SMILES string of the molecule is Cc1c(N)cccc1NC(=O)CCN1CC(C)OC(C)C1. The standard InChI is InChI=1S/C16H25N3O2/c1-11-9-19(10-12(2)21-11)8-7-16(20)18-15-6-4-5-14(17)13(15)3/h4-6,11-12H,7-10,17H2,1-3H3,(H,18,20). The summed E-state index contributed by atoms with van der Waals surface area (Å²) < 4.78 is 5.69. The lowest BCUT2D eigenvalue weighted by Crippen LogP contribution is -2.46. The molecule has 2 unspecified atom stereocenters. The van der Waals surface area contributed by atoms with Crippen LogP contribution in [-0.4, -0.2) is 42.6 Å². The van der Waals surface area contributed by atoms with Gasteiger partial charge in [-0.05, 0) is 38.5 Å². The molecule has 1 heterocycles. The van der Waals surface area contributed by atoms with Crippen LogP contribution in [0.25, 0.3) is 0 Å². The fraction of sp³-hybridized carbons (Fsp3) is 0.562. The van der Waals surface area contributed by atoms with Gasteiger partial charge in [-0.1, -0.05) is 6.07 Å². The molecule has 21 heavy (non-hydrogen) atoms. The Bertz CT molecular complexity index is 494. The van der Waals surface area contributed by atoms with Crippen LogP contribution in [-0.2, 0) is 9.53 Å². The molecule has 1 aliphatic rings. The lowest BCUT2D eigenvalue weighted by molar-refractivity contribution is -0.117. The van der Waals surface area contributed by atoms with Crippen LogP contribution < -0.4 is 11.1 Å². The van der Waals surface area contributed by atoms with Crippen LogP contribution >= 0.6 is 0 Å². The van der Waals surface area contributed by atoms with Crippen LogP contribution in [0, 0.1) is 6.92 Å². The Morgan fingerprint density at radius 3 is 2.71 bits per heavy atom. The number of nitrogens with two attached hydrogens (primary N) is 1. The number of carbonyl (C=O) groups excluding carboxylic acids is 1. The van der Waals surface area contributed by atoms with E-state index in [4.69, 9.17) is 10.5 Å². The van der Waals surface area contributed by atoms with E-state index in [0.717, 1.165) is 30.9 Å². The predicted octanol–water partition coefficient (Wildman–Crippen LogP) is 2.02. The highest BCUT2D eigenvalue weighted by molar-refractivity contribution is 5.92. The van der Waals surface area contributed by atoms with Crippen molar-refractivity contribution in [2.45, 2.75) is 39.4 Å². The number of hydrogen-bond donors (Lipinski definition) is 2. The Hall–Kier alpha value is -1.59. The van der Waals surface area contributed by atoms with Gasteiger partial charge in [-0.25, -0.2) is 0 Å². The summed E-state index contributed by atoms with van der Waals surface area (Å²) in [6.45, 7) is 8.57. The molecular weight excluding hydrogens is 266 g/mol. The zero-order valence-electron chi connectivity index (χ0n) is 13.1. The quantitative estimate of drug-likeness (QED) is 0.833. The Balaban J connectivity index is 1.83. The first-order valence-electron chi connectivity index (χ1n) is 7.48. The van der Waals surface area contributed by atoms with Crippen LogP contribution in [0.15, 0.2) is 18.2 Å². The van der Waals surface area contributed by atoms with Gasteiger partial charge in [0.05, 0.1) is 12.2 Å². The number of nitrogens with zero attached hydrogens (tertiary/aromatic N) is 1. The summed E-state index contributed by atoms with van der Waals surface area (Å²) in [5, 5.41) is 2.94. The second kappa shape index (κ2) is 6.91. The average molecular weight is 291 g/mol. The summed E-state index contributed by atoms with van der Waals surface area (Å²) in [6, 6.07) is 5.56. The number of nitrogens with one attached hydrogen (secondary N) is 1. The lowest BCUT2D eigenvalue weighted by Gasteiger charge is -2.35. The van der Waals surface area contributed by atoms with E-state index in [0.29, 0.717) is 12.1 Å². The number of rotatable bonds is 4. The molecule has 0 saturated carbocycles.